The molecule has 2 aromatic rings. The molecule has 1 aromatic heterocycles. The van der Waals surface area contributed by atoms with Gasteiger partial charge in [0, 0.05) is 15.1 Å². The van der Waals surface area contributed by atoms with Crippen LogP contribution in [0.1, 0.15) is 17.3 Å². The summed E-state index contributed by atoms with van der Waals surface area (Å²) in [5, 5.41) is 0. The van der Waals surface area contributed by atoms with E-state index in [9.17, 15) is 4.39 Å². The fraction of sp³-hybridized carbons (Fsp3) is 0.154. The predicted octanol–water partition coefficient (Wildman–Crippen LogP) is 3.49. The molecule has 0 aliphatic rings. The molecule has 0 spiro atoms. The van der Waals surface area contributed by atoms with Crippen LogP contribution in [0.15, 0.2) is 45.5 Å². The van der Waals surface area contributed by atoms with Crippen molar-refractivity contribution in [1.82, 2.24) is 10.4 Å². The Kier molecular flexibility index (Phi) is 5.04. The number of benzene rings is 1. The molecular weight excluding hydrogens is 377 g/mol. The highest BCUT2D eigenvalue weighted by Gasteiger charge is 2.14. The van der Waals surface area contributed by atoms with Crippen molar-refractivity contribution in [2.75, 3.05) is 0 Å². The predicted molar refractivity (Wildman–Crippen MR) is 79.8 cm³/mol. The van der Waals surface area contributed by atoms with Gasteiger partial charge in [0.25, 0.3) is 0 Å². The highest BCUT2D eigenvalue weighted by molar-refractivity contribution is 9.10. The zero-order chi connectivity index (χ0) is 13.8. The monoisotopic (exact) mass is 387 g/mol. The van der Waals surface area contributed by atoms with Crippen LogP contribution in [-0.4, -0.2) is 4.98 Å². The van der Waals surface area contributed by atoms with E-state index in [2.05, 4.69) is 42.3 Å². The van der Waals surface area contributed by atoms with Gasteiger partial charge < -0.3 is 0 Å². The number of hydrogen-bond donors (Lipinski definition) is 2. The van der Waals surface area contributed by atoms with Crippen LogP contribution in [0.5, 0.6) is 0 Å². The van der Waals surface area contributed by atoms with E-state index in [4.69, 9.17) is 5.84 Å². The van der Waals surface area contributed by atoms with Crippen molar-refractivity contribution in [3.05, 3.63) is 62.5 Å². The first-order valence-corrected chi connectivity index (χ1v) is 7.20. The molecule has 100 valence electrons. The van der Waals surface area contributed by atoms with E-state index in [1.54, 1.807) is 12.3 Å². The van der Waals surface area contributed by atoms with Crippen LogP contribution < -0.4 is 11.3 Å². The van der Waals surface area contributed by atoms with Gasteiger partial charge in [-0.1, -0.05) is 15.9 Å². The molecular formula is C13H12Br2FN3. The molecule has 0 saturated carbocycles. The van der Waals surface area contributed by atoms with Crippen LogP contribution in [0.4, 0.5) is 4.39 Å². The molecule has 0 saturated heterocycles. The molecule has 0 bridgehead atoms. The maximum Gasteiger partial charge on any atom is 0.123 e. The number of nitrogens with zero attached hydrogens (tertiary/aromatic N) is 1. The Labute approximate surface area is 127 Å². The van der Waals surface area contributed by atoms with Crippen molar-refractivity contribution in [3.63, 3.8) is 0 Å². The van der Waals surface area contributed by atoms with E-state index in [-0.39, 0.29) is 11.9 Å². The van der Waals surface area contributed by atoms with Gasteiger partial charge in [-0.25, -0.2) is 4.39 Å². The number of nitrogens with two attached hydrogens (primary N) is 1. The summed E-state index contributed by atoms with van der Waals surface area (Å²) in [6, 6.07) is 8.19. The molecule has 0 radical (unpaired) electrons. The van der Waals surface area contributed by atoms with Crippen LogP contribution in [-0.2, 0) is 6.42 Å². The number of nitrogens with one attached hydrogen (secondary N) is 1. The lowest BCUT2D eigenvalue weighted by atomic mass is 10.0. The highest BCUT2D eigenvalue weighted by atomic mass is 79.9. The average molecular weight is 389 g/mol. The van der Waals surface area contributed by atoms with Crippen molar-refractivity contribution in [3.8, 4) is 0 Å². The van der Waals surface area contributed by atoms with Gasteiger partial charge in [-0.05, 0) is 58.2 Å². The molecule has 1 unspecified atom stereocenters. The minimum absolute atomic E-state index is 0.175. The zero-order valence-electron chi connectivity index (χ0n) is 9.91. The van der Waals surface area contributed by atoms with Crippen molar-refractivity contribution in [2.45, 2.75) is 12.5 Å². The maximum atomic E-state index is 13.3. The fourth-order valence-corrected chi connectivity index (χ4v) is 2.40. The molecule has 1 heterocycles. The van der Waals surface area contributed by atoms with E-state index < -0.39 is 0 Å². The molecule has 0 aliphatic heterocycles. The quantitative estimate of drug-likeness (QED) is 0.622. The molecule has 0 amide bonds. The second kappa shape index (κ2) is 6.56. The van der Waals surface area contributed by atoms with Crippen LogP contribution in [0.3, 0.4) is 0 Å². The Bertz CT molecular complexity index is 560. The Morgan fingerprint density at radius 2 is 2.05 bits per heavy atom. The minimum atomic E-state index is -0.266. The Morgan fingerprint density at radius 1 is 1.26 bits per heavy atom. The summed E-state index contributed by atoms with van der Waals surface area (Å²) in [5.74, 6) is 5.30. The Hall–Kier alpha value is -0.820. The molecule has 19 heavy (non-hydrogen) atoms. The molecule has 3 nitrogen and oxygen atoms in total. The van der Waals surface area contributed by atoms with E-state index in [0.29, 0.717) is 6.42 Å². The van der Waals surface area contributed by atoms with Crippen LogP contribution in [0.2, 0.25) is 0 Å². The number of hydrazine groups is 1. The van der Waals surface area contributed by atoms with E-state index in [1.807, 2.05) is 12.1 Å². The van der Waals surface area contributed by atoms with Gasteiger partial charge in [-0.3, -0.25) is 16.3 Å². The third kappa shape index (κ3) is 3.82. The second-order valence-electron chi connectivity index (χ2n) is 4.06. The SMILES string of the molecule is NNC(Cc1cc(F)ccc1Br)c1ccc(Br)cn1. The van der Waals surface area contributed by atoms with Gasteiger partial charge in [0.05, 0.1) is 11.7 Å². The van der Waals surface area contributed by atoms with Crippen LogP contribution in [0.25, 0.3) is 0 Å². The number of rotatable bonds is 4. The molecule has 0 fully saturated rings. The van der Waals surface area contributed by atoms with Crippen molar-refractivity contribution in [2.24, 2.45) is 5.84 Å². The number of hydrogen-bond acceptors (Lipinski definition) is 3. The lowest BCUT2D eigenvalue weighted by molar-refractivity contribution is 0.534. The highest BCUT2D eigenvalue weighted by Crippen LogP contribution is 2.24. The summed E-state index contributed by atoms with van der Waals surface area (Å²) >= 11 is 6.74. The largest absolute Gasteiger partial charge is 0.271 e. The first kappa shape index (κ1) is 14.6. The van der Waals surface area contributed by atoms with Crippen LogP contribution in [0, 0.1) is 5.82 Å². The lowest BCUT2D eigenvalue weighted by Crippen LogP contribution is -2.30. The molecule has 3 N–H and O–H groups in total. The molecule has 1 atom stereocenters. The van der Waals surface area contributed by atoms with E-state index >= 15 is 0 Å². The van der Waals surface area contributed by atoms with E-state index in [1.165, 1.54) is 12.1 Å². The smallest absolute Gasteiger partial charge is 0.123 e. The minimum Gasteiger partial charge on any atom is -0.271 e. The first-order chi connectivity index (χ1) is 9.10. The summed E-state index contributed by atoms with van der Waals surface area (Å²) in [6.45, 7) is 0. The summed E-state index contributed by atoms with van der Waals surface area (Å²) < 4.78 is 15.0. The fourth-order valence-electron chi connectivity index (χ4n) is 1.76. The van der Waals surface area contributed by atoms with Crippen molar-refractivity contribution >= 4 is 31.9 Å². The average Bonchev–Trinajstić information content (AvgIpc) is 2.41. The molecule has 6 heteroatoms. The van der Waals surface area contributed by atoms with Gasteiger partial charge in [0.2, 0.25) is 0 Å². The summed E-state index contributed by atoms with van der Waals surface area (Å²) in [6.07, 6.45) is 2.25. The number of aromatic nitrogens is 1. The third-order valence-electron chi connectivity index (χ3n) is 2.74. The van der Waals surface area contributed by atoms with Gasteiger partial charge in [-0.2, -0.15) is 0 Å². The van der Waals surface area contributed by atoms with Crippen molar-refractivity contribution < 1.29 is 4.39 Å². The first-order valence-electron chi connectivity index (χ1n) is 5.61. The Balaban J connectivity index is 2.23. The van der Waals surface area contributed by atoms with Gasteiger partial charge in [0.1, 0.15) is 5.82 Å². The van der Waals surface area contributed by atoms with Crippen LogP contribution >= 0.6 is 31.9 Å². The second-order valence-corrected chi connectivity index (χ2v) is 5.83. The topological polar surface area (TPSA) is 50.9 Å². The molecule has 0 aliphatic carbocycles. The summed E-state index contributed by atoms with van der Waals surface area (Å²) in [5.41, 5.74) is 4.36. The molecule has 1 aromatic carbocycles. The lowest BCUT2D eigenvalue weighted by Gasteiger charge is -2.16. The van der Waals surface area contributed by atoms with Gasteiger partial charge >= 0.3 is 0 Å². The zero-order valence-corrected chi connectivity index (χ0v) is 13.1. The normalized spacial score (nSPS) is 12.4. The Morgan fingerprint density at radius 3 is 2.68 bits per heavy atom. The summed E-state index contributed by atoms with van der Waals surface area (Å²) in [4.78, 5) is 4.30. The number of halogens is 3. The van der Waals surface area contributed by atoms with E-state index in [0.717, 1.165) is 20.2 Å². The van der Waals surface area contributed by atoms with Crippen molar-refractivity contribution in [1.29, 1.82) is 0 Å². The van der Waals surface area contributed by atoms with Gasteiger partial charge in [0.15, 0.2) is 0 Å². The number of pyridine rings is 1. The molecule has 2 rings (SSSR count). The third-order valence-corrected chi connectivity index (χ3v) is 3.98. The summed E-state index contributed by atoms with van der Waals surface area (Å²) in [7, 11) is 0. The maximum absolute atomic E-state index is 13.3. The standard InChI is InChI=1S/C13H12Br2FN3/c14-9-1-4-12(18-7-9)13(19-17)6-8-5-10(16)2-3-11(8)15/h1-5,7,13,19H,6,17H2. The van der Waals surface area contributed by atoms with Gasteiger partial charge in [-0.15, -0.1) is 0 Å².